The third kappa shape index (κ3) is 2.44. The molecule has 1 aromatic heterocycles. The van der Waals surface area contributed by atoms with Crippen LogP contribution >= 0.6 is 0 Å². The van der Waals surface area contributed by atoms with Crippen molar-refractivity contribution < 1.29 is 23.4 Å². The van der Waals surface area contributed by atoms with E-state index in [1.807, 2.05) is 30.3 Å². The first-order valence-electron chi connectivity index (χ1n) is 8.29. The second kappa shape index (κ2) is 6.39. The molecular weight excluding hydrogens is 348 g/mol. The van der Waals surface area contributed by atoms with Gasteiger partial charge < -0.3 is 23.4 Å². The molecule has 0 aliphatic carbocycles. The van der Waals surface area contributed by atoms with E-state index in [4.69, 9.17) is 23.4 Å². The summed E-state index contributed by atoms with van der Waals surface area (Å²) >= 11 is 0. The first-order valence-corrected chi connectivity index (χ1v) is 8.29. The molecule has 1 heterocycles. The Morgan fingerprint density at radius 3 is 2.04 bits per heavy atom. The highest BCUT2D eigenvalue weighted by Gasteiger charge is 2.18. The number of methoxy groups -OCH3 is 4. The van der Waals surface area contributed by atoms with Crippen molar-refractivity contribution in [2.45, 2.75) is 0 Å². The van der Waals surface area contributed by atoms with Gasteiger partial charge in [-0.2, -0.15) is 0 Å². The maximum Gasteiger partial charge on any atom is 0.348 e. The van der Waals surface area contributed by atoms with Crippen molar-refractivity contribution in [3.8, 4) is 23.0 Å². The zero-order valence-corrected chi connectivity index (χ0v) is 15.4. The van der Waals surface area contributed by atoms with E-state index in [0.717, 1.165) is 21.5 Å². The van der Waals surface area contributed by atoms with E-state index in [2.05, 4.69) is 0 Å². The van der Waals surface area contributed by atoms with Gasteiger partial charge in [-0.25, -0.2) is 4.79 Å². The summed E-state index contributed by atoms with van der Waals surface area (Å²) in [6, 6.07) is 11.1. The normalized spacial score (nSPS) is 11.1. The average molecular weight is 366 g/mol. The maximum atomic E-state index is 12.8. The lowest BCUT2D eigenvalue weighted by atomic mass is 10.0. The number of ether oxygens (including phenoxy) is 4. The zero-order valence-electron chi connectivity index (χ0n) is 15.4. The molecule has 27 heavy (non-hydrogen) atoms. The summed E-state index contributed by atoms with van der Waals surface area (Å²) in [6.07, 6.45) is 0. The lowest BCUT2D eigenvalue weighted by Crippen LogP contribution is -2.04. The monoisotopic (exact) mass is 366 g/mol. The predicted octanol–water partition coefficient (Wildman–Crippen LogP) is 4.13. The van der Waals surface area contributed by atoms with Gasteiger partial charge in [-0.15, -0.1) is 0 Å². The third-order valence-corrected chi connectivity index (χ3v) is 4.71. The van der Waals surface area contributed by atoms with Gasteiger partial charge in [-0.3, -0.25) is 0 Å². The van der Waals surface area contributed by atoms with Crippen molar-refractivity contribution in [3.63, 3.8) is 0 Å². The fourth-order valence-corrected chi connectivity index (χ4v) is 3.44. The summed E-state index contributed by atoms with van der Waals surface area (Å²) in [5.74, 6) is 2.01. The van der Waals surface area contributed by atoms with Crippen LogP contribution in [0.3, 0.4) is 0 Å². The van der Waals surface area contributed by atoms with Crippen molar-refractivity contribution in [3.05, 3.63) is 46.8 Å². The van der Waals surface area contributed by atoms with E-state index in [0.29, 0.717) is 34.0 Å². The van der Waals surface area contributed by atoms with Gasteiger partial charge in [-0.05, 0) is 35.7 Å². The van der Waals surface area contributed by atoms with Crippen LogP contribution in [-0.4, -0.2) is 28.4 Å². The summed E-state index contributed by atoms with van der Waals surface area (Å²) in [4.78, 5) is 12.8. The smallest absolute Gasteiger partial charge is 0.348 e. The molecule has 0 atom stereocenters. The Labute approximate surface area is 154 Å². The van der Waals surface area contributed by atoms with Gasteiger partial charge in [0, 0.05) is 16.2 Å². The molecule has 6 heteroatoms. The summed E-state index contributed by atoms with van der Waals surface area (Å²) < 4.78 is 27.2. The topological polar surface area (TPSA) is 67.1 Å². The highest BCUT2D eigenvalue weighted by atomic mass is 16.5. The Hall–Kier alpha value is -3.41. The van der Waals surface area contributed by atoms with Crippen LogP contribution in [0.5, 0.6) is 23.0 Å². The van der Waals surface area contributed by atoms with Crippen molar-refractivity contribution in [2.24, 2.45) is 0 Å². The van der Waals surface area contributed by atoms with Crippen molar-refractivity contribution >= 4 is 32.5 Å². The minimum atomic E-state index is -0.490. The standard InChI is InChI=1S/C21H18O6/c1-23-15-8-7-12-13-6-5-11-9-16(24-2)17(25-3)10-14(11)19(13)27-21(22)18(12)20(15)26-4/h5-10H,1-4H3. The molecular formula is C21H18O6. The molecule has 3 aromatic carbocycles. The van der Waals surface area contributed by atoms with Gasteiger partial charge in [-0.1, -0.05) is 6.07 Å². The Morgan fingerprint density at radius 2 is 1.37 bits per heavy atom. The molecule has 0 fully saturated rings. The summed E-state index contributed by atoms with van der Waals surface area (Å²) in [5.41, 5.74) is -0.00583. The number of benzene rings is 3. The number of rotatable bonds is 4. The fourth-order valence-electron chi connectivity index (χ4n) is 3.44. The van der Waals surface area contributed by atoms with Crippen LogP contribution in [-0.2, 0) is 0 Å². The lowest BCUT2D eigenvalue weighted by molar-refractivity contribution is 0.356. The molecule has 0 saturated carbocycles. The third-order valence-electron chi connectivity index (χ3n) is 4.71. The summed E-state index contributed by atoms with van der Waals surface area (Å²) in [6.45, 7) is 0. The average Bonchev–Trinajstić information content (AvgIpc) is 2.71. The molecule has 0 amide bonds. The van der Waals surface area contributed by atoms with E-state index < -0.39 is 5.63 Å². The van der Waals surface area contributed by atoms with Crippen LogP contribution in [0.25, 0.3) is 32.5 Å². The van der Waals surface area contributed by atoms with E-state index in [9.17, 15) is 4.79 Å². The largest absolute Gasteiger partial charge is 0.493 e. The molecule has 6 nitrogen and oxygen atoms in total. The highest BCUT2D eigenvalue weighted by molar-refractivity contribution is 6.15. The molecule has 0 bridgehead atoms. The van der Waals surface area contributed by atoms with Crippen molar-refractivity contribution in [2.75, 3.05) is 28.4 Å². The number of fused-ring (bicyclic) bond motifs is 5. The quantitative estimate of drug-likeness (QED) is 0.400. The SMILES string of the molecule is COc1cc2ccc3c4ccc(OC)c(OC)c4c(=O)oc3c2cc1OC. The number of hydrogen-bond donors (Lipinski definition) is 0. The van der Waals surface area contributed by atoms with Crippen LogP contribution < -0.4 is 24.6 Å². The molecule has 0 aliphatic heterocycles. The van der Waals surface area contributed by atoms with Crippen LogP contribution in [0.4, 0.5) is 0 Å². The second-order valence-corrected chi connectivity index (χ2v) is 5.98. The predicted molar refractivity (Wildman–Crippen MR) is 104 cm³/mol. The van der Waals surface area contributed by atoms with Gasteiger partial charge in [0.15, 0.2) is 23.0 Å². The zero-order chi connectivity index (χ0) is 19.1. The van der Waals surface area contributed by atoms with E-state index in [-0.39, 0.29) is 0 Å². The van der Waals surface area contributed by atoms with Gasteiger partial charge in [0.2, 0.25) is 0 Å². The molecule has 138 valence electrons. The molecule has 0 unspecified atom stereocenters. The van der Waals surface area contributed by atoms with E-state index >= 15 is 0 Å². The summed E-state index contributed by atoms with van der Waals surface area (Å²) in [7, 11) is 6.17. The van der Waals surface area contributed by atoms with E-state index in [1.54, 1.807) is 20.3 Å². The Balaban J connectivity index is 2.18. The Bertz CT molecular complexity index is 1240. The maximum absolute atomic E-state index is 12.8. The second-order valence-electron chi connectivity index (χ2n) is 5.98. The van der Waals surface area contributed by atoms with Crippen molar-refractivity contribution in [1.82, 2.24) is 0 Å². The molecule has 0 radical (unpaired) electrons. The molecule has 4 aromatic rings. The lowest BCUT2D eigenvalue weighted by Gasteiger charge is -2.13. The molecule has 0 spiro atoms. The molecule has 0 saturated heterocycles. The molecule has 4 rings (SSSR count). The molecule has 0 N–H and O–H groups in total. The fraction of sp³-hybridized carbons (Fsp3) is 0.190. The van der Waals surface area contributed by atoms with Crippen LogP contribution in [0.15, 0.2) is 45.6 Å². The van der Waals surface area contributed by atoms with E-state index in [1.165, 1.54) is 14.2 Å². The minimum absolute atomic E-state index is 0.351. The van der Waals surface area contributed by atoms with Crippen molar-refractivity contribution in [1.29, 1.82) is 0 Å². The van der Waals surface area contributed by atoms with Gasteiger partial charge in [0.25, 0.3) is 0 Å². The first-order chi connectivity index (χ1) is 13.1. The highest BCUT2D eigenvalue weighted by Crippen LogP contribution is 2.40. The number of hydrogen-bond acceptors (Lipinski definition) is 6. The molecule has 0 aliphatic rings. The van der Waals surface area contributed by atoms with Crippen LogP contribution in [0.1, 0.15) is 0 Å². The van der Waals surface area contributed by atoms with Crippen LogP contribution in [0, 0.1) is 0 Å². The van der Waals surface area contributed by atoms with Gasteiger partial charge in [0.1, 0.15) is 11.0 Å². The summed E-state index contributed by atoms with van der Waals surface area (Å²) in [5, 5.41) is 3.52. The first kappa shape index (κ1) is 17.0. The van der Waals surface area contributed by atoms with Gasteiger partial charge in [0.05, 0.1) is 28.4 Å². The minimum Gasteiger partial charge on any atom is -0.493 e. The Kier molecular flexibility index (Phi) is 4.03. The van der Waals surface area contributed by atoms with Gasteiger partial charge >= 0.3 is 5.63 Å². The Morgan fingerprint density at radius 1 is 0.704 bits per heavy atom. The van der Waals surface area contributed by atoms with Crippen LogP contribution in [0.2, 0.25) is 0 Å².